The molecule has 0 spiro atoms. The standard InChI is InChI=1S/C10H10N4O2S/c11-8-2-4-9(5-3-8)14-17(15,16)10-12-6-1-7-13-10/h1-7,14H,11H2. The summed E-state index contributed by atoms with van der Waals surface area (Å²) in [4.78, 5) is 7.36. The van der Waals surface area contributed by atoms with Crippen molar-refractivity contribution in [3.63, 3.8) is 0 Å². The van der Waals surface area contributed by atoms with Gasteiger partial charge in [-0.15, -0.1) is 0 Å². The molecule has 88 valence electrons. The fourth-order valence-electron chi connectivity index (χ4n) is 1.18. The Labute approximate surface area is 98.6 Å². The molecule has 7 heteroatoms. The highest BCUT2D eigenvalue weighted by molar-refractivity contribution is 7.92. The van der Waals surface area contributed by atoms with Gasteiger partial charge in [-0.3, -0.25) is 4.72 Å². The maximum atomic E-state index is 11.8. The summed E-state index contributed by atoms with van der Waals surface area (Å²) < 4.78 is 26.0. The molecule has 0 aliphatic heterocycles. The molecule has 6 nitrogen and oxygen atoms in total. The van der Waals surface area contributed by atoms with Crippen LogP contribution in [0.2, 0.25) is 0 Å². The Morgan fingerprint density at radius 1 is 1.06 bits per heavy atom. The van der Waals surface area contributed by atoms with Gasteiger partial charge in [-0.2, -0.15) is 8.42 Å². The number of nitrogens with one attached hydrogen (secondary N) is 1. The number of benzene rings is 1. The third kappa shape index (κ3) is 2.70. The van der Waals surface area contributed by atoms with Crippen molar-refractivity contribution in [2.24, 2.45) is 0 Å². The fourth-order valence-corrected chi connectivity index (χ4v) is 2.11. The summed E-state index contributed by atoms with van der Waals surface area (Å²) in [5.41, 5.74) is 6.47. The zero-order chi connectivity index (χ0) is 12.3. The summed E-state index contributed by atoms with van der Waals surface area (Å²) in [6.45, 7) is 0. The maximum absolute atomic E-state index is 11.8. The van der Waals surface area contributed by atoms with Gasteiger partial charge in [0.2, 0.25) is 0 Å². The summed E-state index contributed by atoms with van der Waals surface area (Å²) in [5.74, 6) is 0. The van der Waals surface area contributed by atoms with Crippen LogP contribution in [0.5, 0.6) is 0 Å². The zero-order valence-electron chi connectivity index (χ0n) is 8.74. The van der Waals surface area contributed by atoms with Crippen LogP contribution >= 0.6 is 0 Å². The van der Waals surface area contributed by atoms with Gasteiger partial charge in [-0.1, -0.05) is 0 Å². The first-order valence-corrected chi connectivity index (χ1v) is 6.22. The van der Waals surface area contributed by atoms with Gasteiger partial charge < -0.3 is 5.73 Å². The van der Waals surface area contributed by atoms with Crippen LogP contribution in [0, 0.1) is 0 Å². The van der Waals surface area contributed by atoms with Gasteiger partial charge in [0.1, 0.15) is 0 Å². The first kappa shape index (κ1) is 11.3. The van der Waals surface area contributed by atoms with Crippen molar-refractivity contribution in [3.8, 4) is 0 Å². The molecule has 2 aromatic rings. The number of rotatable bonds is 3. The van der Waals surface area contributed by atoms with E-state index in [0.717, 1.165) is 0 Å². The van der Waals surface area contributed by atoms with Crippen LogP contribution < -0.4 is 10.5 Å². The van der Waals surface area contributed by atoms with Crippen LogP contribution in [-0.4, -0.2) is 18.4 Å². The van der Waals surface area contributed by atoms with Crippen molar-refractivity contribution in [1.29, 1.82) is 0 Å². The van der Waals surface area contributed by atoms with E-state index < -0.39 is 10.0 Å². The zero-order valence-corrected chi connectivity index (χ0v) is 9.55. The fraction of sp³-hybridized carbons (Fsp3) is 0. The topological polar surface area (TPSA) is 98.0 Å². The van der Waals surface area contributed by atoms with E-state index in [1.807, 2.05) is 0 Å². The molecule has 0 saturated carbocycles. The number of aromatic nitrogens is 2. The van der Waals surface area contributed by atoms with E-state index in [1.165, 1.54) is 12.4 Å². The van der Waals surface area contributed by atoms with Gasteiger partial charge in [-0.05, 0) is 30.3 Å². The van der Waals surface area contributed by atoms with Gasteiger partial charge in [0.25, 0.3) is 15.2 Å². The van der Waals surface area contributed by atoms with E-state index in [1.54, 1.807) is 30.3 Å². The molecule has 0 amide bonds. The van der Waals surface area contributed by atoms with Crippen molar-refractivity contribution >= 4 is 21.4 Å². The highest BCUT2D eigenvalue weighted by Crippen LogP contribution is 2.14. The molecule has 0 bridgehead atoms. The lowest BCUT2D eigenvalue weighted by molar-refractivity contribution is 0.592. The first-order valence-electron chi connectivity index (χ1n) is 4.73. The lowest BCUT2D eigenvalue weighted by Gasteiger charge is -2.06. The lowest BCUT2D eigenvalue weighted by Crippen LogP contribution is -2.15. The SMILES string of the molecule is Nc1ccc(NS(=O)(=O)c2ncccn2)cc1. The second-order valence-corrected chi connectivity index (χ2v) is 4.84. The Morgan fingerprint density at radius 2 is 1.65 bits per heavy atom. The van der Waals surface area contributed by atoms with E-state index in [2.05, 4.69) is 14.7 Å². The molecule has 0 unspecified atom stereocenters. The van der Waals surface area contributed by atoms with Crippen LogP contribution in [0.3, 0.4) is 0 Å². The number of nitrogen functional groups attached to an aromatic ring is 1. The summed E-state index contributed by atoms with van der Waals surface area (Å²) in [7, 11) is -3.74. The predicted molar refractivity (Wildman–Crippen MR) is 63.7 cm³/mol. The average molecular weight is 250 g/mol. The summed E-state index contributed by atoms with van der Waals surface area (Å²) in [5, 5.41) is -0.267. The molecular weight excluding hydrogens is 240 g/mol. The summed E-state index contributed by atoms with van der Waals surface area (Å²) in [6.07, 6.45) is 2.73. The van der Waals surface area contributed by atoms with Crippen molar-refractivity contribution in [2.45, 2.75) is 5.16 Å². The van der Waals surface area contributed by atoms with Crippen LogP contribution in [0.4, 0.5) is 11.4 Å². The molecule has 0 aliphatic rings. The second-order valence-electron chi connectivity index (χ2n) is 3.26. The van der Waals surface area contributed by atoms with E-state index in [4.69, 9.17) is 5.73 Å². The molecule has 17 heavy (non-hydrogen) atoms. The quantitative estimate of drug-likeness (QED) is 0.622. The van der Waals surface area contributed by atoms with Crippen LogP contribution in [0.1, 0.15) is 0 Å². The molecule has 1 aromatic heterocycles. The Hall–Kier alpha value is -2.15. The predicted octanol–water partition coefficient (Wildman–Crippen LogP) is 0.860. The highest BCUT2D eigenvalue weighted by Gasteiger charge is 2.16. The van der Waals surface area contributed by atoms with Crippen molar-refractivity contribution < 1.29 is 8.42 Å². The summed E-state index contributed by atoms with van der Waals surface area (Å²) in [6, 6.07) is 7.88. The minimum atomic E-state index is -3.74. The normalized spacial score (nSPS) is 11.1. The van der Waals surface area contributed by atoms with Crippen molar-refractivity contribution in [2.75, 3.05) is 10.5 Å². The number of nitrogens with two attached hydrogens (primary N) is 1. The van der Waals surface area contributed by atoms with Gasteiger partial charge in [0.15, 0.2) is 0 Å². The Kier molecular flexibility index (Phi) is 2.92. The number of anilines is 2. The number of nitrogens with zero attached hydrogens (tertiary/aromatic N) is 2. The minimum absolute atomic E-state index is 0.267. The van der Waals surface area contributed by atoms with E-state index in [9.17, 15) is 8.42 Å². The molecule has 0 saturated heterocycles. The molecule has 2 rings (SSSR count). The Balaban J connectivity index is 2.27. The Bertz CT molecular complexity index is 596. The third-order valence-electron chi connectivity index (χ3n) is 1.95. The van der Waals surface area contributed by atoms with Crippen LogP contribution in [0.15, 0.2) is 47.9 Å². The maximum Gasteiger partial charge on any atom is 0.297 e. The molecule has 0 fully saturated rings. The van der Waals surface area contributed by atoms with Gasteiger partial charge in [0, 0.05) is 23.8 Å². The number of hydrogen-bond donors (Lipinski definition) is 2. The van der Waals surface area contributed by atoms with E-state index in [0.29, 0.717) is 11.4 Å². The second kappa shape index (κ2) is 4.38. The van der Waals surface area contributed by atoms with Gasteiger partial charge in [0.05, 0.1) is 0 Å². The van der Waals surface area contributed by atoms with Crippen LogP contribution in [0.25, 0.3) is 0 Å². The molecule has 0 radical (unpaired) electrons. The Morgan fingerprint density at radius 3 is 2.24 bits per heavy atom. The molecule has 1 heterocycles. The third-order valence-corrected chi connectivity index (χ3v) is 3.14. The number of hydrogen-bond acceptors (Lipinski definition) is 5. The minimum Gasteiger partial charge on any atom is -0.399 e. The average Bonchev–Trinajstić information content (AvgIpc) is 2.33. The van der Waals surface area contributed by atoms with Crippen LogP contribution in [-0.2, 0) is 10.0 Å². The van der Waals surface area contributed by atoms with Gasteiger partial charge in [-0.25, -0.2) is 9.97 Å². The highest BCUT2D eigenvalue weighted by atomic mass is 32.2. The monoisotopic (exact) mass is 250 g/mol. The molecular formula is C10H10N4O2S. The lowest BCUT2D eigenvalue weighted by atomic mass is 10.3. The largest absolute Gasteiger partial charge is 0.399 e. The molecule has 3 N–H and O–H groups in total. The molecule has 1 aromatic carbocycles. The van der Waals surface area contributed by atoms with E-state index >= 15 is 0 Å². The number of sulfonamides is 1. The summed E-state index contributed by atoms with van der Waals surface area (Å²) >= 11 is 0. The van der Waals surface area contributed by atoms with Crippen molar-refractivity contribution in [3.05, 3.63) is 42.7 Å². The van der Waals surface area contributed by atoms with E-state index in [-0.39, 0.29) is 5.16 Å². The van der Waals surface area contributed by atoms with Gasteiger partial charge >= 0.3 is 0 Å². The molecule has 0 atom stereocenters. The smallest absolute Gasteiger partial charge is 0.297 e. The first-order chi connectivity index (χ1) is 8.08. The molecule has 0 aliphatic carbocycles. The van der Waals surface area contributed by atoms with Crippen molar-refractivity contribution in [1.82, 2.24) is 9.97 Å².